The van der Waals surface area contributed by atoms with Crippen LogP contribution in [0.5, 0.6) is 0 Å². The van der Waals surface area contributed by atoms with Gasteiger partial charge in [-0.2, -0.15) is 0 Å². The second kappa shape index (κ2) is 4.67. The number of rotatable bonds is 1. The molecular weight excluding hydrogens is 234 g/mol. The quantitative estimate of drug-likeness (QED) is 0.818. The molecule has 3 rings (SSSR count). The van der Waals surface area contributed by atoms with Gasteiger partial charge in [-0.25, -0.2) is 4.98 Å². The minimum absolute atomic E-state index is 0. The van der Waals surface area contributed by atoms with Crippen molar-refractivity contribution in [3.05, 3.63) is 29.1 Å². The Hall–Kier alpha value is -1.06. The molecule has 1 aromatic carbocycles. The van der Waals surface area contributed by atoms with Gasteiger partial charge in [-0.05, 0) is 50.4 Å². The van der Waals surface area contributed by atoms with Crippen molar-refractivity contribution in [2.45, 2.75) is 32.7 Å². The van der Waals surface area contributed by atoms with E-state index >= 15 is 0 Å². The summed E-state index contributed by atoms with van der Waals surface area (Å²) in [5.74, 6) is 1.10. The first-order valence-electron chi connectivity index (χ1n) is 5.95. The third-order valence-electron chi connectivity index (χ3n) is 3.59. The molecule has 0 bridgehead atoms. The molecule has 1 saturated heterocycles. The van der Waals surface area contributed by atoms with Crippen LogP contribution < -0.4 is 5.32 Å². The third-order valence-corrected chi connectivity index (χ3v) is 3.59. The number of hydrogen-bond donors (Lipinski definition) is 2. The Balaban J connectivity index is 0.00000108. The molecule has 1 aromatic heterocycles. The number of hydrogen-bond acceptors (Lipinski definition) is 2. The van der Waals surface area contributed by atoms with Crippen molar-refractivity contribution in [2.75, 3.05) is 6.54 Å². The highest BCUT2D eigenvalue weighted by atomic mass is 35.5. The zero-order valence-corrected chi connectivity index (χ0v) is 11.0. The Morgan fingerprint density at radius 2 is 2.12 bits per heavy atom. The molecule has 1 aliphatic rings. The van der Waals surface area contributed by atoms with Gasteiger partial charge in [-0.15, -0.1) is 12.4 Å². The Morgan fingerprint density at radius 3 is 2.82 bits per heavy atom. The summed E-state index contributed by atoms with van der Waals surface area (Å²) in [6, 6.07) is 4.71. The molecule has 2 N–H and O–H groups in total. The highest BCUT2D eigenvalue weighted by Crippen LogP contribution is 2.25. The smallest absolute Gasteiger partial charge is 0.124 e. The number of aromatic nitrogens is 2. The predicted octanol–water partition coefficient (Wildman–Crippen LogP) is 3.03. The van der Waals surface area contributed by atoms with Crippen molar-refractivity contribution in [2.24, 2.45) is 0 Å². The number of aromatic amines is 1. The van der Waals surface area contributed by atoms with Gasteiger partial charge in [0.1, 0.15) is 5.82 Å². The van der Waals surface area contributed by atoms with Crippen LogP contribution in [-0.2, 0) is 0 Å². The molecular formula is C13H18ClN3. The van der Waals surface area contributed by atoms with E-state index in [-0.39, 0.29) is 12.4 Å². The molecule has 1 aliphatic heterocycles. The fourth-order valence-corrected chi connectivity index (χ4v) is 2.42. The van der Waals surface area contributed by atoms with Gasteiger partial charge in [0, 0.05) is 0 Å². The largest absolute Gasteiger partial charge is 0.341 e. The van der Waals surface area contributed by atoms with E-state index in [4.69, 9.17) is 4.98 Å². The maximum atomic E-state index is 4.74. The van der Waals surface area contributed by atoms with Crippen LogP contribution in [0.2, 0.25) is 0 Å². The summed E-state index contributed by atoms with van der Waals surface area (Å²) in [4.78, 5) is 8.17. The van der Waals surface area contributed by atoms with Crippen LogP contribution in [0.25, 0.3) is 11.0 Å². The van der Waals surface area contributed by atoms with E-state index in [0.717, 1.165) is 23.4 Å². The van der Waals surface area contributed by atoms with E-state index in [1.54, 1.807) is 0 Å². The lowest BCUT2D eigenvalue weighted by Gasteiger charge is -2.04. The highest BCUT2D eigenvalue weighted by Gasteiger charge is 2.19. The molecule has 1 atom stereocenters. The first kappa shape index (κ1) is 12.4. The number of halogens is 1. The van der Waals surface area contributed by atoms with Crippen LogP contribution in [0.3, 0.4) is 0 Å². The van der Waals surface area contributed by atoms with Gasteiger partial charge in [0.15, 0.2) is 0 Å². The van der Waals surface area contributed by atoms with E-state index in [2.05, 4.69) is 36.3 Å². The van der Waals surface area contributed by atoms with Crippen LogP contribution >= 0.6 is 12.4 Å². The Labute approximate surface area is 107 Å². The fourth-order valence-electron chi connectivity index (χ4n) is 2.42. The highest BCUT2D eigenvalue weighted by molar-refractivity contribution is 5.85. The Morgan fingerprint density at radius 1 is 1.29 bits per heavy atom. The van der Waals surface area contributed by atoms with Crippen LogP contribution in [-0.4, -0.2) is 16.5 Å². The monoisotopic (exact) mass is 251 g/mol. The predicted molar refractivity (Wildman–Crippen MR) is 72.8 cm³/mol. The summed E-state index contributed by atoms with van der Waals surface area (Å²) in [5, 5.41) is 3.47. The number of nitrogens with one attached hydrogen (secondary N) is 2. The van der Waals surface area contributed by atoms with E-state index < -0.39 is 0 Å². The average molecular weight is 252 g/mol. The summed E-state index contributed by atoms with van der Waals surface area (Å²) in [5.41, 5.74) is 4.89. The molecule has 2 heterocycles. The second-order valence-corrected chi connectivity index (χ2v) is 4.67. The van der Waals surface area contributed by atoms with Gasteiger partial charge in [-0.1, -0.05) is 6.07 Å². The normalized spacial score (nSPS) is 19.5. The standard InChI is InChI=1S/C13H17N3.ClH/c1-8-5-6-10-12(9(8)2)16-13(15-10)11-4-3-7-14-11;/h5-6,11,14H,3-4,7H2,1-2H3,(H,15,16);1H/t11-;/m0./s1. The van der Waals surface area contributed by atoms with Crippen molar-refractivity contribution in [1.82, 2.24) is 15.3 Å². The average Bonchev–Trinajstić information content (AvgIpc) is 2.91. The maximum Gasteiger partial charge on any atom is 0.124 e. The maximum absolute atomic E-state index is 4.74. The van der Waals surface area contributed by atoms with E-state index in [1.807, 2.05) is 0 Å². The number of fused-ring (bicyclic) bond motifs is 1. The van der Waals surface area contributed by atoms with E-state index in [0.29, 0.717) is 6.04 Å². The van der Waals surface area contributed by atoms with E-state index in [1.165, 1.54) is 24.0 Å². The van der Waals surface area contributed by atoms with Crippen molar-refractivity contribution in [1.29, 1.82) is 0 Å². The molecule has 3 nitrogen and oxygen atoms in total. The molecule has 0 amide bonds. The van der Waals surface area contributed by atoms with Crippen molar-refractivity contribution < 1.29 is 0 Å². The molecule has 1 fully saturated rings. The number of H-pyrrole nitrogens is 1. The van der Waals surface area contributed by atoms with Crippen LogP contribution in [0.1, 0.15) is 35.8 Å². The zero-order valence-electron chi connectivity index (χ0n) is 10.2. The lowest BCUT2D eigenvalue weighted by atomic mass is 10.1. The minimum Gasteiger partial charge on any atom is -0.341 e. The van der Waals surface area contributed by atoms with Gasteiger partial charge in [0.05, 0.1) is 17.1 Å². The lowest BCUT2D eigenvalue weighted by Crippen LogP contribution is -2.14. The molecule has 2 aromatic rings. The van der Waals surface area contributed by atoms with Gasteiger partial charge in [-0.3, -0.25) is 0 Å². The van der Waals surface area contributed by atoms with E-state index in [9.17, 15) is 0 Å². The number of nitrogens with zero attached hydrogens (tertiary/aromatic N) is 1. The lowest BCUT2D eigenvalue weighted by molar-refractivity contribution is 0.614. The number of benzene rings is 1. The second-order valence-electron chi connectivity index (χ2n) is 4.67. The Bertz CT molecular complexity index is 527. The van der Waals surface area contributed by atoms with Crippen LogP contribution in [0, 0.1) is 13.8 Å². The van der Waals surface area contributed by atoms with Gasteiger partial charge < -0.3 is 10.3 Å². The Kier molecular flexibility index (Phi) is 3.40. The summed E-state index contributed by atoms with van der Waals surface area (Å²) < 4.78 is 0. The zero-order chi connectivity index (χ0) is 11.1. The molecule has 0 unspecified atom stereocenters. The molecule has 0 spiro atoms. The van der Waals surface area contributed by atoms with Crippen molar-refractivity contribution in [3.8, 4) is 0 Å². The van der Waals surface area contributed by atoms with Crippen molar-refractivity contribution in [3.63, 3.8) is 0 Å². The number of imidazole rings is 1. The molecule has 0 saturated carbocycles. The number of aryl methyl sites for hydroxylation is 2. The minimum atomic E-state index is 0. The molecule has 92 valence electrons. The topological polar surface area (TPSA) is 40.7 Å². The van der Waals surface area contributed by atoms with Crippen LogP contribution in [0.15, 0.2) is 12.1 Å². The summed E-state index contributed by atoms with van der Waals surface area (Å²) >= 11 is 0. The fraction of sp³-hybridized carbons (Fsp3) is 0.462. The third kappa shape index (κ3) is 2.05. The molecule has 4 heteroatoms. The van der Waals surface area contributed by atoms with Gasteiger partial charge in [0.2, 0.25) is 0 Å². The summed E-state index contributed by atoms with van der Waals surface area (Å²) in [6.45, 7) is 5.39. The summed E-state index contributed by atoms with van der Waals surface area (Å²) in [6.07, 6.45) is 2.44. The van der Waals surface area contributed by atoms with Crippen LogP contribution in [0.4, 0.5) is 0 Å². The first-order valence-corrected chi connectivity index (χ1v) is 5.95. The molecule has 17 heavy (non-hydrogen) atoms. The molecule has 0 radical (unpaired) electrons. The summed E-state index contributed by atoms with van der Waals surface area (Å²) in [7, 11) is 0. The SMILES string of the molecule is Cc1ccc2[nH]c([C@@H]3CCCN3)nc2c1C.Cl. The van der Waals surface area contributed by atoms with Crippen molar-refractivity contribution >= 4 is 23.4 Å². The van der Waals surface area contributed by atoms with Gasteiger partial charge in [0.25, 0.3) is 0 Å². The first-order chi connectivity index (χ1) is 7.75. The molecule has 0 aliphatic carbocycles. The van der Waals surface area contributed by atoms with Gasteiger partial charge >= 0.3 is 0 Å².